The van der Waals surface area contributed by atoms with E-state index in [0.717, 1.165) is 0 Å². The van der Waals surface area contributed by atoms with Gasteiger partial charge in [0.15, 0.2) is 0 Å². The van der Waals surface area contributed by atoms with Gasteiger partial charge in [-0.25, -0.2) is 8.77 Å². The molecule has 7 heteroatoms. The van der Waals surface area contributed by atoms with Gasteiger partial charge >= 0.3 is 6.80 Å². The molecular formula is H3O5PS. The van der Waals surface area contributed by atoms with Crippen LogP contribution in [-0.2, 0) is 15.3 Å². The first-order chi connectivity index (χ1) is 2.94. The lowest BCUT2D eigenvalue weighted by Gasteiger charge is -1.91. The first-order valence-electron chi connectivity index (χ1n) is 1.11. The lowest BCUT2D eigenvalue weighted by Crippen LogP contribution is -1.85. The predicted molar refractivity (Wildman–Crippen MR) is 22.8 cm³/mol. The van der Waals surface area contributed by atoms with Crippen molar-refractivity contribution >= 4 is 17.5 Å². The van der Waals surface area contributed by atoms with Crippen molar-refractivity contribution in [3.05, 3.63) is 0 Å². The van der Waals surface area contributed by atoms with E-state index in [1.807, 2.05) is 0 Å². The zero-order valence-electron chi connectivity index (χ0n) is 3.01. The van der Waals surface area contributed by atoms with E-state index in [9.17, 15) is 8.77 Å². The van der Waals surface area contributed by atoms with Gasteiger partial charge in [-0.3, -0.25) is 4.55 Å². The molecule has 1 atom stereocenters. The largest absolute Gasteiger partial charge is 0.439 e. The second-order valence-electron chi connectivity index (χ2n) is 0.721. The van der Waals surface area contributed by atoms with Gasteiger partial charge < -0.3 is 9.79 Å². The fourth-order valence-electron chi connectivity index (χ4n) is 0. The molecule has 0 aromatic heterocycles. The summed E-state index contributed by atoms with van der Waals surface area (Å²) in [5.41, 5.74) is 0. The SMILES string of the molecule is O=S(O)P(=O)(O)O. The van der Waals surface area contributed by atoms with Gasteiger partial charge in [-0.15, -0.1) is 0 Å². The molecule has 0 spiro atoms. The minimum atomic E-state index is -4.71. The summed E-state index contributed by atoms with van der Waals surface area (Å²) in [6.45, 7) is -4.71. The van der Waals surface area contributed by atoms with Crippen molar-refractivity contribution < 1.29 is 23.1 Å². The molecule has 3 N–H and O–H groups in total. The summed E-state index contributed by atoms with van der Waals surface area (Å²) in [4.78, 5) is 15.3. The standard InChI is InChI=1S/H3O5PS/c1-6(2,3)7(4)5/h(H,4,5)(H2,1,2,3). The van der Waals surface area contributed by atoms with E-state index in [1.54, 1.807) is 0 Å². The van der Waals surface area contributed by atoms with E-state index in [0.29, 0.717) is 0 Å². The van der Waals surface area contributed by atoms with Crippen LogP contribution in [0.5, 0.6) is 0 Å². The van der Waals surface area contributed by atoms with Crippen LogP contribution in [-0.4, -0.2) is 18.5 Å². The molecule has 0 aliphatic heterocycles. The molecule has 1 unspecified atom stereocenters. The topological polar surface area (TPSA) is 94.8 Å². The van der Waals surface area contributed by atoms with Crippen LogP contribution in [0.25, 0.3) is 0 Å². The van der Waals surface area contributed by atoms with Crippen LogP contribution in [0.15, 0.2) is 0 Å². The molecule has 44 valence electrons. The highest BCUT2D eigenvalue weighted by Gasteiger charge is 2.20. The molecular weight excluding hydrogens is 143 g/mol. The Morgan fingerprint density at radius 1 is 1.43 bits per heavy atom. The first kappa shape index (κ1) is 7.26. The highest BCUT2D eigenvalue weighted by atomic mass is 32.8. The monoisotopic (exact) mass is 146 g/mol. The summed E-state index contributed by atoms with van der Waals surface area (Å²) in [6.07, 6.45) is 0. The summed E-state index contributed by atoms with van der Waals surface area (Å²) in [6, 6.07) is 0. The Bertz CT molecular complexity index is 120. The van der Waals surface area contributed by atoms with E-state index in [1.165, 1.54) is 0 Å². The molecule has 0 amide bonds. The van der Waals surface area contributed by atoms with Crippen LogP contribution in [0, 0.1) is 0 Å². The maximum atomic E-state index is 9.48. The molecule has 5 nitrogen and oxygen atoms in total. The van der Waals surface area contributed by atoms with Crippen molar-refractivity contribution in [3.63, 3.8) is 0 Å². The van der Waals surface area contributed by atoms with Crippen molar-refractivity contribution in [1.82, 2.24) is 0 Å². The van der Waals surface area contributed by atoms with E-state index in [2.05, 4.69) is 0 Å². The van der Waals surface area contributed by atoms with Gasteiger partial charge in [-0.2, -0.15) is 0 Å². The van der Waals surface area contributed by atoms with Gasteiger partial charge in [0.1, 0.15) is 0 Å². The third kappa shape index (κ3) is 2.90. The lowest BCUT2D eigenvalue weighted by atomic mass is 15.8. The Balaban J connectivity index is 4.09. The van der Waals surface area contributed by atoms with Gasteiger partial charge in [0.05, 0.1) is 0 Å². The van der Waals surface area contributed by atoms with Crippen molar-refractivity contribution in [1.29, 1.82) is 0 Å². The van der Waals surface area contributed by atoms with Gasteiger partial charge in [0, 0.05) is 0 Å². The smallest absolute Gasteiger partial charge is 0.313 e. The molecule has 0 saturated carbocycles. The molecule has 0 fully saturated rings. The third-order valence-electron chi connectivity index (χ3n) is 0.203. The van der Waals surface area contributed by atoms with E-state index in [4.69, 9.17) is 14.3 Å². The normalized spacial score (nSPS) is 16.4. The molecule has 0 rings (SSSR count). The van der Waals surface area contributed by atoms with Gasteiger partial charge in [-0.05, 0) is 0 Å². The lowest BCUT2D eigenvalue weighted by molar-refractivity contribution is 0.388. The summed E-state index contributed by atoms with van der Waals surface area (Å²) >= 11 is 0. The van der Waals surface area contributed by atoms with Gasteiger partial charge in [-0.1, -0.05) is 0 Å². The average molecular weight is 146 g/mol. The van der Waals surface area contributed by atoms with E-state index >= 15 is 0 Å². The molecule has 0 saturated heterocycles. The fourth-order valence-corrected chi connectivity index (χ4v) is 0. The third-order valence-corrected chi connectivity index (χ3v) is 1.83. The van der Waals surface area contributed by atoms with Crippen molar-refractivity contribution in [3.8, 4) is 0 Å². The van der Waals surface area contributed by atoms with Crippen LogP contribution < -0.4 is 0 Å². The number of rotatable bonds is 1. The molecule has 7 heavy (non-hydrogen) atoms. The van der Waals surface area contributed by atoms with E-state index < -0.39 is 17.5 Å². The minimum absolute atomic E-state index is 3.02. The van der Waals surface area contributed by atoms with Crippen LogP contribution in [0.4, 0.5) is 0 Å². The molecule has 0 bridgehead atoms. The fraction of sp³-hybridized carbons (Fsp3) is 0. The molecule has 0 radical (unpaired) electrons. The zero-order chi connectivity index (χ0) is 6.08. The van der Waals surface area contributed by atoms with Crippen LogP contribution in [0.2, 0.25) is 0 Å². The maximum Gasteiger partial charge on any atom is 0.439 e. The first-order valence-corrected chi connectivity index (χ1v) is 4.44. The Morgan fingerprint density at radius 2 is 1.57 bits per heavy atom. The summed E-state index contributed by atoms with van der Waals surface area (Å²) in [5, 5.41) is 0. The van der Waals surface area contributed by atoms with Crippen molar-refractivity contribution in [2.45, 2.75) is 0 Å². The summed E-state index contributed by atoms with van der Waals surface area (Å²) < 4.78 is 26.4. The number of hydrogen-bond donors (Lipinski definition) is 3. The van der Waals surface area contributed by atoms with Crippen LogP contribution in [0.3, 0.4) is 0 Å². The quantitative estimate of drug-likeness (QED) is 0.336. The highest BCUT2D eigenvalue weighted by molar-refractivity contribution is 8.42. The Kier molecular flexibility index (Phi) is 2.09. The molecule has 0 aliphatic rings. The van der Waals surface area contributed by atoms with Gasteiger partial charge in [0.25, 0.3) is 10.7 Å². The van der Waals surface area contributed by atoms with Crippen LogP contribution in [0.1, 0.15) is 0 Å². The molecule has 0 aromatic carbocycles. The van der Waals surface area contributed by atoms with Crippen molar-refractivity contribution in [2.75, 3.05) is 0 Å². The Labute approximate surface area is 41.6 Å². The average Bonchev–Trinajstić information content (AvgIpc) is 1.31. The zero-order valence-corrected chi connectivity index (χ0v) is 4.72. The minimum Gasteiger partial charge on any atom is -0.313 e. The molecule has 0 heterocycles. The van der Waals surface area contributed by atoms with E-state index in [-0.39, 0.29) is 0 Å². The summed E-state index contributed by atoms with van der Waals surface area (Å²) in [7, 11) is -3.02. The highest BCUT2D eigenvalue weighted by Crippen LogP contribution is 2.37. The predicted octanol–water partition coefficient (Wildman–Crippen LogP) is -0.699. The molecule has 0 aliphatic carbocycles. The van der Waals surface area contributed by atoms with Gasteiger partial charge in [0.2, 0.25) is 0 Å². The maximum absolute atomic E-state index is 9.48. The summed E-state index contributed by atoms with van der Waals surface area (Å²) in [5.74, 6) is 0. The number of hydrogen-bond acceptors (Lipinski definition) is 2. The Hall–Kier alpha value is 0.260. The Morgan fingerprint density at radius 3 is 1.57 bits per heavy atom. The van der Waals surface area contributed by atoms with Crippen LogP contribution >= 0.6 is 6.80 Å². The van der Waals surface area contributed by atoms with Crippen molar-refractivity contribution in [2.24, 2.45) is 0 Å². The molecule has 0 aromatic rings. The second-order valence-corrected chi connectivity index (χ2v) is 4.53. The second kappa shape index (κ2) is 2.02.